The quantitative estimate of drug-likeness (QED) is 0.863. The van der Waals surface area contributed by atoms with Gasteiger partial charge in [-0.3, -0.25) is 0 Å². The molecule has 1 saturated carbocycles. The molecule has 1 spiro atoms. The highest BCUT2D eigenvalue weighted by molar-refractivity contribution is 5.71. The predicted octanol–water partition coefficient (Wildman–Crippen LogP) is 2.36. The molecule has 21 heavy (non-hydrogen) atoms. The first kappa shape index (κ1) is 14.4. The minimum atomic E-state index is -0.533. The highest BCUT2D eigenvalue weighted by atomic mass is 16.7. The molecule has 5 heteroatoms. The number of hydrogen-bond acceptors (Lipinski definition) is 5. The minimum Gasteiger partial charge on any atom is -0.497 e. The molecule has 2 aliphatic rings. The fourth-order valence-electron chi connectivity index (χ4n) is 3.10. The molecule has 0 unspecified atom stereocenters. The number of anilines is 1. The monoisotopic (exact) mass is 291 g/mol. The number of methoxy groups -OCH3 is 1. The van der Waals surface area contributed by atoms with Crippen LogP contribution in [0.1, 0.15) is 25.7 Å². The Bertz CT molecular complexity index is 484. The summed E-state index contributed by atoms with van der Waals surface area (Å²) in [5.41, 5.74) is 0.391. The van der Waals surface area contributed by atoms with Gasteiger partial charge >= 0.3 is 0 Å². The van der Waals surface area contributed by atoms with E-state index < -0.39 is 11.3 Å². The van der Waals surface area contributed by atoms with Gasteiger partial charge in [-0.25, -0.2) is 0 Å². The van der Waals surface area contributed by atoms with Crippen LogP contribution < -0.4 is 10.1 Å². The Morgan fingerprint density at radius 2 is 1.71 bits per heavy atom. The van der Waals surface area contributed by atoms with Crippen molar-refractivity contribution in [3.8, 4) is 5.75 Å². The molecule has 1 aliphatic heterocycles. The van der Waals surface area contributed by atoms with Gasteiger partial charge < -0.3 is 24.3 Å². The molecule has 1 aromatic rings. The molecule has 1 aromatic carbocycles. The van der Waals surface area contributed by atoms with Crippen molar-refractivity contribution in [3.05, 3.63) is 24.3 Å². The first-order valence-corrected chi connectivity index (χ1v) is 7.36. The van der Waals surface area contributed by atoms with Crippen molar-refractivity contribution in [3.63, 3.8) is 0 Å². The smallest absolute Gasteiger partial charge is 0.168 e. The molecule has 1 heterocycles. The summed E-state index contributed by atoms with van der Waals surface area (Å²) in [6, 6.07) is 7.62. The van der Waals surface area contributed by atoms with Crippen LogP contribution in [-0.2, 0) is 14.3 Å². The SMILES string of the molecule is COc1ccc(NC2(C=O)CCC3(CC2)OCCO3)cc1. The first-order valence-electron chi connectivity index (χ1n) is 7.36. The van der Waals surface area contributed by atoms with Gasteiger partial charge in [-0.05, 0) is 37.1 Å². The third-order valence-electron chi connectivity index (χ3n) is 4.43. The zero-order chi connectivity index (χ0) is 14.8. The van der Waals surface area contributed by atoms with Gasteiger partial charge in [0.05, 0.1) is 25.9 Å². The van der Waals surface area contributed by atoms with Gasteiger partial charge in [0.15, 0.2) is 5.79 Å². The maximum absolute atomic E-state index is 11.6. The Kier molecular flexibility index (Phi) is 3.87. The maximum atomic E-state index is 11.6. The fourth-order valence-corrected chi connectivity index (χ4v) is 3.10. The summed E-state index contributed by atoms with van der Waals surface area (Å²) in [5, 5.41) is 3.37. The summed E-state index contributed by atoms with van der Waals surface area (Å²) in [6.45, 7) is 1.31. The molecule has 0 amide bonds. The molecule has 0 aromatic heterocycles. The molecule has 3 rings (SSSR count). The van der Waals surface area contributed by atoms with Crippen molar-refractivity contribution in [2.75, 3.05) is 25.6 Å². The Hall–Kier alpha value is -1.59. The van der Waals surface area contributed by atoms with Gasteiger partial charge in [-0.2, -0.15) is 0 Å². The van der Waals surface area contributed by atoms with E-state index in [1.807, 2.05) is 24.3 Å². The van der Waals surface area contributed by atoms with Crippen LogP contribution in [0.4, 0.5) is 5.69 Å². The number of ether oxygens (including phenoxy) is 3. The van der Waals surface area contributed by atoms with E-state index in [4.69, 9.17) is 14.2 Å². The normalized spacial score (nSPS) is 22.9. The molecule has 1 aliphatic carbocycles. The topological polar surface area (TPSA) is 56.8 Å². The predicted molar refractivity (Wildman–Crippen MR) is 78.5 cm³/mol. The maximum Gasteiger partial charge on any atom is 0.168 e. The largest absolute Gasteiger partial charge is 0.497 e. The average Bonchev–Trinajstić information content (AvgIpc) is 2.99. The van der Waals surface area contributed by atoms with Crippen molar-refractivity contribution in [1.82, 2.24) is 0 Å². The number of carbonyl (C=O) groups excluding carboxylic acids is 1. The molecular weight excluding hydrogens is 270 g/mol. The van der Waals surface area contributed by atoms with E-state index in [9.17, 15) is 4.79 Å². The molecule has 114 valence electrons. The van der Waals surface area contributed by atoms with Gasteiger partial charge in [-0.15, -0.1) is 0 Å². The lowest BCUT2D eigenvalue weighted by Gasteiger charge is -2.41. The van der Waals surface area contributed by atoms with Crippen molar-refractivity contribution in [1.29, 1.82) is 0 Å². The lowest BCUT2D eigenvalue weighted by Crippen LogP contribution is -2.49. The number of carbonyl (C=O) groups is 1. The number of hydrogen-bond donors (Lipinski definition) is 1. The molecule has 1 saturated heterocycles. The average molecular weight is 291 g/mol. The zero-order valence-corrected chi connectivity index (χ0v) is 12.3. The first-order chi connectivity index (χ1) is 10.2. The van der Waals surface area contributed by atoms with Crippen LogP contribution in [0.3, 0.4) is 0 Å². The number of benzene rings is 1. The summed E-state index contributed by atoms with van der Waals surface area (Å²) >= 11 is 0. The molecule has 0 radical (unpaired) electrons. The van der Waals surface area contributed by atoms with Gasteiger partial charge in [0.2, 0.25) is 0 Å². The molecule has 0 bridgehead atoms. The van der Waals surface area contributed by atoms with Crippen molar-refractivity contribution >= 4 is 12.0 Å². The van der Waals surface area contributed by atoms with Crippen molar-refractivity contribution in [2.24, 2.45) is 0 Å². The van der Waals surface area contributed by atoms with Gasteiger partial charge in [0.25, 0.3) is 0 Å². The van der Waals surface area contributed by atoms with E-state index in [0.29, 0.717) is 26.1 Å². The molecule has 2 fully saturated rings. The van der Waals surface area contributed by atoms with Crippen LogP contribution in [0.25, 0.3) is 0 Å². The Labute approximate surface area is 124 Å². The summed E-state index contributed by atoms with van der Waals surface area (Å²) in [6.07, 6.45) is 3.94. The molecular formula is C16H21NO4. The highest BCUT2D eigenvalue weighted by Gasteiger charge is 2.46. The lowest BCUT2D eigenvalue weighted by atomic mass is 9.79. The molecule has 0 atom stereocenters. The molecule has 1 N–H and O–H groups in total. The summed E-state index contributed by atoms with van der Waals surface area (Å²) in [7, 11) is 1.64. The second-order valence-corrected chi connectivity index (χ2v) is 5.74. The van der Waals surface area contributed by atoms with Crippen LogP contribution in [0.15, 0.2) is 24.3 Å². The van der Waals surface area contributed by atoms with Crippen LogP contribution in [0.5, 0.6) is 5.75 Å². The number of aldehydes is 1. The van der Waals surface area contributed by atoms with Gasteiger partial charge in [0, 0.05) is 18.5 Å². The third kappa shape index (κ3) is 2.89. The van der Waals surface area contributed by atoms with E-state index in [1.165, 1.54) is 0 Å². The van der Waals surface area contributed by atoms with Crippen molar-refractivity contribution in [2.45, 2.75) is 37.0 Å². The van der Waals surface area contributed by atoms with E-state index in [2.05, 4.69) is 5.32 Å². The Morgan fingerprint density at radius 1 is 1.10 bits per heavy atom. The van der Waals surface area contributed by atoms with Crippen molar-refractivity contribution < 1.29 is 19.0 Å². The molecule has 5 nitrogen and oxygen atoms in total. The fraction of sp³-hybridized carbons (Fsp3) is 0.562. The van der Waals surface area contributed by atoms with E-state index in [0.717, 1.165) is 30.6 Å². The number of rotatable bonds is 4. The minimum absolute atomic E-state index is 0.450. The van der Waals surface area contributed by atoms with Crippen LogP contribution in [-0.4, -0.2) is 37.9 Å². The van der Waals surface area contributed by atoms with E-state index in [1.54, 1.807) is 7.11 Å². The Balaban J connectivity index is 1.68. The zero-order valence-electron chi connectivity index (χ0n) is 12.3. The third-order valence-corrected chi connectivity index (χ3v) is 4.43. The van der Waals surface area contributed by atoms with Crippen LogP contribution in [0.2, 0.25) is 0 Å². The summed E-state index contributed by atoms with van der Waals surface area (Å²) in [5.74, 6) is 0.352. The summed E-state index contributed by atoms with van der Waals surface area (Å²) in [4.78, 5) is 11.6. The second-order valence-electron chi connectivity index (χ2n) is 5.74. The second kappa shape index (κ2) is 5.66. The van der Waals surface area contributed by atoms with Crippen LogP contribution >= 0.6 is 0 Å². The lowest BCUT2D eigenvalue weighted by molar-refractivity contribution is -0.182. The highest BCUT2D eigenvalue weighted by Crippen LogP contribution is 2.40. The number of nitrogens with one attached hydrogen (secondary N) is 1. The van der Waals surface area contributed by atoms with Gasteiger partial charge in [-0.1, -0.05) is 0 Å². The van der Waals surface area contributed by atoms with Crippen LogP contribution in [0, 0.1) is 0 Å². The summed E-state index contributed by atoms with van der Waals surface area (Å²) < 4.78 is 16.6. The standard InChI is InChI=1S/C16H21NO4/c1-19-14-4-2-13(3-5-14)17-15(12-18)6-8-16(9-7-15)20-10-11-21-16/h2-5,12,17H,6-11H2,1H3. The van der Waals surface area contributed by atoms with E-state index in [-0.39, 0.29) is 0 Å². The van der Waals surface area contributed by atoms with Gasteiger partial charge in [0.1, 0.15) is 12.0 Å². The van der Waals surface area contributed by atoms with E-state index >= 15 is 0 Å². The Morgan fingerprint density at radius 3 is 2.24 bits per heavy atom.